The van der Waals surface area contributed by atoms with Gasteiger partial charge in [-0.3, -0.25) is 27.7 Å². The molecule has 8 atom stereocenters. The van der Waals surface area contributed by atoms with E-state index in [4.69, 9.17) is 18.5 Å². The summed E-state index contributed by atoms with van der Waals surface area (Å²) in [6.07, 6.45) is 25.4. The van der Waals surface area contributed by atoms with Crippen LogP contribution >= 0.6 is 23.5 Å². The first kappa shape index (κ1) is 65.1. The highest BCUT2D eigenvalue weighted by atomic mass is 31.2. The molecule has 1 fully saturated rings. The summed E-state index contributed by atoms with van der Waals surface area (Å²) in [6.45, 7) is 2.88. The molecule has 1 aliphatic carbocycles. The summed E-state index contributed by atoms with van der Waals surface area (Å²) in [5, 5.41) is 31.9. The van der Waals surface area contributed by atoms with Crippen molar-refractivity contribution < 1.29 is 90.6 Å². The number of aliphatic hydroxyl groups is 3. The largest absolute Gasteiger partial charge is 0.472 e. The molecule has 0 radical (unpaired) electrons. The van der Waals surface area contributed by atoms with Crippen molar-refractivity contribution in [1.82, 2.24) is 0 Å². The average molecular weight is 1050 g/mol. The standard InChI is InChI=1S/C47H85O19P3/c1-3-5-7-9-11-13-15-17-19-20-22-24-26-28-30-32-34-36-41(49)63-39(37-61-40(48)35-33-31-29-27-25-23-21-18-16-14-12-10-8-6-4-2)38-62-69(59,60)66-45-42(50)43(51)46(64-67(53,54)55)47(44(45)52)65-68(56,57)58/h11-14,17-19,21,39,42-47,50-52H,3-10,15-16,20,22-38H2,1-2H3,(H,59,60)(H2,53,54,55)(H2,56,57,58)/t39-,42?,43?,44?,45+,46?,47+/m1/s1. The lowest BCUT2D eigenvalue weighted by Crippen LogP contribution is -2.65. The average Bonchev–Trinajstić information content (AvgIpc) is 3.28. The summed E-state index contributed by atoms with van der Waals surface area (Å²) in [5.74, 6) is -1.32. The lowest BCUT2D eigenvalue weighted by atomic mass is 9.85. The second kappa shape index (κ2) is 38.7. The minimum absolute atomic E-state index is 0.0152. The molecule has 8 N–H and O–H groups in total. The summed E-state index contributed by atoms with van der Waals surface area (Å²) < 4.78 is 65.5. The Morgan fingerprint density at radius 3 is 1.28 bits per heavy atom. The molecular weight excluding hydrogens is 961 g/mol. The van der Waals surface area contributed by atoms with Gasteiger partial charge in [0.05, 0.1) is 6.61 Å². The van der Waals surface area contributed by atoms with Crippen LogP contribution in [0.2, 0.25) is 0 Å². The zero-order valence-corrected chi connectivity index (χ0v) is 43.6. The molecule has 0 amide bonds. The molecule has 0 bridgehead atoms. The number of hydrogen-bond acceptors (Lipinski definition) is 14. The van der Waals surface area contributed by atoms with E-state index in [1.807, 2.05) is 0 Å². The van der Waals surface area contributed by atoms with Crippen LogP contribution in [-0.4, -0.2) is 108 Å². The van der Waals surface area contributed by atoms with Crippen molar-refractivity contribution in [1.29, 1.82) is 0 Å². The van der Waals surface area contributed by atoms with Crippen molar-refractivity contribution in [3.8, 4) is 0 Å². The van der Waals surface area contributed by atoms with Crippen molar-refractivity contribution in [3.63, 3.8) is 0 Å². The fourth-order valence-corrected chi connectivity index (χ4v) is 9.44. The van der Waals surface area contributed by atoms with Crippen LogP contribution in [0.3, 0.4) is 0 Å². The highest BCUT2D eigenvalue weighted by Gasteiger charge is 2.56. The number of esters is 2. The first-order valence-electron chi connectivity index (χ1n) is 24.9. The number of phosphoric ester groups is 3. The molecule has 1 saturated carbocycles. The first-order chi connectivity index (χ1) is 32.8. The van der Waals surface area contributed by atoms with E-state index in [0.29, 0.717) is 12.8 Å². The minimum Gasteiger partial charge on any atom is -0.462 e. The maximum Gasteiger partial charge on any atom is 0.472 e. The number of carbonyl (C=O) groups is 2. The Morgan fingerprint density at radius 1 is 0.464 bits per heavy atom. The Hall–Kier alpha value is -1.89. The number of ether oxygens (including phenoxy) is 2. The van der Waals surface area contributed by atoms with Crippen LogP contribution < -0.4 is 0 Å². The quantitative estimate of drug-likeness (QED) is 0.0122. The SMILES string of the molecule is CCCCCC=CCC=CCCCCCCCCCC(=O)O[C@H](COC(=O)CCCCCCCC=CCC=CCCCCC)COP(=O)(O)O[C@H]1C(O)C(O)C(OP(=O)(O)O)[C@@H](OP(=O)(O)O)C1O. The molecule has 0 aromatic heterocycles. The number of aliphatic hydroxyl groups excluding tert-OH is 3. The summed E-state index contributed by atoms with van der Waals surface area (Å²) in [5.41, 5.74) is 0. The molecule has 0 aliphatic heterocycles. The Morgan fingerprint density at radius 2 is 0.841 bits per heavy atom. The van der Waals surface area contributed by atoms with Gasteiger partial charge in [-0.1, -0.05) is 140 Å². The van der Waals surface area contributed by atoms with Gasteiger partial charge >= 0.3 is 35.4 Å². The third-order valence-corrected chi connectivity index (χ3v) is 13.1. The number of carbonyl (C=O) groups excluding carboxylic acids is 2. The lowest BCUT2D eigenvalue weighted by Gasteiger charge is -2.44. The third kappa shape index (κ3) is 35.0. The topological polar surface area (TPSA) is 303 Å². The van der Waals surface area contributed by atoms with Gasteiger partial charge in [-0.25, -0.2) is 13.7 Å². The van der Waals surface area contributed by atoms with Gasteiger partial charge in [0.1, 0.15) is 43.2 Å². The van der Waals surface area contributed by atoms with Gasteiger partial charge in [0, 0.05) is 12.8 Å². The Kier molecular flexibility index (Phi) is 36.5. The van der Waals surface area contributed by atoms with E-state index in [9.17, 15) is 63.1 Å². The predicted molar refractivity (Wildman–Crippen MR) is 261 cm³/mol. The van der Waals surface area contributed by atoms with E-state index < -0.39 is 91.3 Å². The molecule has 5 unspecified atom stereocenters. The normalized spacial score (nSPS) is 21.7. The van der Waals surface area contributed by atoms with E-state index in [1.54, 1.807) is 0 Å². The molecule has 402 valence electrons. The highest BCUT2D eigenvalue weighted by Crippen LogP contribution is 2.51. The smallest absolute Gasteiger partial charge is 0.462 e. The molecule has 0 spiro atoms. The zero-order chi connectivity index (χ0) is 51.4. The first-order valence-corrected chi connectivity index (χ1v) is 29.5. The molecule has 69 heavy (non-hydrogen) atoms. The van der Waals surface area contributed by atoms with Crippen LogP contribution in [-0.2, 0) is 50.9 Å². The summed E-state index contributed by atoms with van der Waals surface area (Å²) in [6, 6.07) is 0. The Labute approximate surface area is 410 Å². The van der Waals surface area contributed by atoms with Crippen LogP contribution in [0.5, 0.6) is 0 Å². The monoisotopic (exact) mass is 1050 g/mol. The van der Waals surface area contributed by atoms with Crippen LogP contribution in [0.4, 0.5) is 0 Å². The van der Waals surface area contributed by atoms with Gasteiger partial charge in [-0.2, -0.15) is 0 Å². The van der Waals surface area contributed by atoms with E-state index in [0.717, 1.165) is 103 Å². The molecular formula is C47H85O19P3. The molecule has 22 heteroatoms. The van der Waals surface area contributed by atoms with Crippen molar-refractivity contribution in [2.75, 3.05) is 13.2 Å². The van der Waals surface area contributed by atoms with Gasteiger partial charge < -0.3 is 49.3 Å². The van der Waals surface area contributed by atoms with Gasteiger partial charge in [0.2, 0.25) is 0 Å². The summed E-state index contributed by atoms with van der Waals surface area (Å²) in [4.78, 5) is 73.3. The van der Waals surface area contributed by atoms with Gasteiger partial charge in [-0.05, 0) is 77.0 Å². The molecule has 0 heterocycles. The fraction of sp³-hybridized carbons (Fsp3) is 0.787. The Bertz CT molecular complexity index is 1630. The molecule has 0 aromatic carbocycles. The number of rotatable bonds is 42. The third-order valence-electron chi connectivity index (χ3n) is 11.1. The van der Waals surface area contributed by atoms with E-state index in [2.05, 4.69) is 71.5 Å². The van der Waals surface area contributed by atoms with Gasteiger partial charge in [0.15, 0.2) is 6.10 Å². The second-order valence-corrected chi connectivity index (χ2v) is 21.2. The summed E-state index contributed by atoms with van der Waals surface area (Å²) >= 11 is 0. The molecule has 0 saturated heterocycles. The van der Waals surface area contributed by atoms with Crippen molar-refractivity contribution in [2.45, 2.75) is 224 Å². The molecule has 19 nitrogen and oxygen atoms in total. The van der Waals surface area contributed by atoms with Gasteiger partial charge in [0.25, 0.3) is 0 Å². The Balaban J connectivity index is 2.72. The van der Waals surface area contributed by atoms with E-state index >= 15 is 0 Å². The van der Waals surface area contributed by atoms with E-state index in [-0.39, 0.29) is 12.8 Å². The van der Waals surface area contributed by atoms with Crippen LogP contribution in [0.1, 0.15) is 181 Å². The molecule has 1 rings (SSSR count). The van der Waals surface area contributed by atoms with Gasteiger partial charge in [-0.15, -0.1) is 0 Å². The zero-order valence-electron chi connectivity index (χ0n) is 40.9. The number of hydrogen-bond donors (Lipinski definition) is 8. The van der Waals surface area contributed by atoms with Crippen molar-refractivity contribution in [2.24, 2.45) is 0 Å². The molecule has 0 aromatic rings. The molecule has 1 aliphatic rings. The maximum absolute atomic E-state index is 13.1. The predicted octanol–water partition coefficient (Wildman–Crippen LogP) is 9.40. The van der Waals surface area contributed by atoms with Crippen LogP contribution in [0, 0.1) is 0 Å². The van der Waals surface area contributed by atoms with Crippen LogP contribution in [0.25, 0.3) is 0 Å². The fourth-order valence-electron chi connectivity index (χ4n) is 7.35. The number of allylic oxidation sites excluding steroid dienone is 8. The number of unbranched alkanes of at least 4 members (excludes halogenated alkanes) is 18. The highest BCUT2D eigenvalue weighted by molar-refractivity contribution is 7.47. The number of phosphoric acid groups is 3. The minimum atomic E-state index is -5.61. The van der Waals surface area contributed by atoms with Crippen molar-refractivity contribution >= 4 is 35.4 Å². The lowest BCUT2D eigenvalue weighted by molar-refractivity contribution is -0.213. The maximum atomic E-state index is 13.1. The summed E-state index contributed by atoms with van der Waals surface area (Å²) in [7, 11) is -16.6. The van der Waals surface area contributed by atoms with Crippen LogP contribution in [0.15, 0.2) is 48.6 Å². The van der Waals surface area contributed by atoms with E-state index in [1.165, 1.54) is 38.5 Å². The van der Waals surface area contributed by atoms with Crippen molar-refractivity contribution in [3.05, 3.63) is 48.6 Å². The second-order valence-electron chi connectivity index (χ2n) is 17.4.